The minimum absolute atomic E-state index is 0.0236. The molecule has 0 spiro atoms. The van der Waals surface area contributed by atoms with Crippen LogP contribution in [0.3, 0.4) is 0 Å². The van der Waals surface area contributed by atoms with Crippen molar-refractivity contribution < 1.29 is 4.74 Å². The molecule has 0 bridgehead atoms. The Kier molecular flexibility index (Phi) is 5.38. The Morgan fingerprint density at radius 2 is 2.12 bits per heavy atom. The van der Waals surface area contributed by atoms with Crippen molar-refractivity contribution in [1.82, 2.24) is 9.55 Å². The maximum Gasteiger partial charge on any atom is 0.272 e. The van der Waals surface area contributed by atoms with Crippen molar-refractivity contribution in [2.24, 2.45) is 0 Å². The third kappa shape index (κ3) is 3.55. The highest BCUT2D eigenvalue weighted by Gasteiger charge is 2.13. The van der Waals surface area contributed by atoms with Crippen molar-refractivity contribution in [1.29, 1.82) is 0 Å². The van der Waals surface area contributed by atoms with Crippen molar-refractivity contribution in [3.8, 4) is 0 Å². The van der Waals surface area contributed by atoms with Gasteiger partial charge in [-0.25, -0.2) is 4.98 Å². The standard InChI is InChI=1S/C18H20N2O2S2/c1-12-4-5-13(2)14(10-12)11-24-18-19-15-6-9-23-16(15)17(21)20(18)7-8-22-3/h4-6,9-10H,7-8,11H2,1-3H3. The number of hydrogen-bond donors (Lipinski definition) is 0. The third-order valence-corrected chi connectivity index (χ3v) is 5.83. The van der Waals surface area contributed by atoms with Crippen LogP contribution in [0.1, 0.15) is 16.7 Å². The molecule has 0 saturated heterocycles. The first-order chi connectivity index (χ1) is 11.6. The first kappa shape index (κ1) is 17.2. The number of aryl methyl sites for hydroxylation is 2. The summed E-state index contributed by atoms with van der Waals surface area (Å²) in [6, 6.07) is 8.36. The Labute approximate surface area is 149 Å². The number of aromatic nitrogens is 2. The van der Waals surface area contributed by atoms with Crippen molar-refractivity contribution in [3.63, 3.8) is 0 Å². The SMILES string of the molecule is COCCn1c(SCc2cc(C)ccc2C)nc2ccsc2c1=O. The summed E-state index contributed by atoms with van der Waals surface area (Å²) in [5.74, 6) is 0.794. The number of benzene rings is 1. The zero-order valence-electron chi connectivity index (χ0n) is 14.0. The number of hydrogen-bond acceptors (Lipinski definition) is 5. The summed E-state index contributed by atoms with van der Waals surface area (Å²) in [5.41, 5.74) is 4.58. The second-order valence-corrected chi connectivity index (χ2v) is 7.56. The molecule has 0 amide bonds. The average Bonchev–Trinajstić information content (AvgIpc) is 3.04. The van der Waals surface area contributed by atoms with Crippen LogP contribution in [-0.4, -0.2) is 23.3 Å². The number of thiophene rings is 1. The first-order valence-corrected chi connectivity index (χ1v) is 9.62. The largest absolute Gasteiger partial charge is 0.383 e. The van der Waals surface area contributed by atoms with Gasteiger partial charge in [-0.1, -0.05) is 35.5 Å². The van der Waals surface area contributed by atoms with Crippen molar-refractivity contribution >= 4 is 33.3 Å². The quantitative estimate of drug-likeness (QED) is 0.492. The van der Waals surface area contributed by atoms with Crippen LogP contribution in [-0.2, 0) is 17.0 Å². The van der Waals surface area contributed by atoms with Gasteiger partial charge in [-0.2, -0.15) is 0 Å². The zero-order chi connectivity index (χ0) is 17.1. The number of thioether (sulfide) groups is 1. The number of ether oxygens (including phenoxy) is 1. The van der Waals surface area contributed by atoms with Crippen LogP contribution in [0.2, 0.25) is 0 Å². The lowest BCUT2D eigenvalue weighted by Gasteiger charge is -2.12. The minimum atomic E-state index is 0.0236. The molecular weight excluding hydrogens is 340 g/mol. The van der Waals surface area contributed by atoms with Crippen LogP contribution in [0.5, 0.6) is 0 Å². The Morgan fingerprint density at radius 1 is 1.29 bits per heavy atom. The Bertz CT molecular complexity index is 915. The molecular formula is C18H20N2O2S2. The van der Waals surface area contributed by atoms with Crippen LogP contribution in [0.15, 0.2) is 39.6 Å². The van der Waals surface area contributed by atoms with Gasteiger partial charge in [-0.15, -0.1) is 11.3 Å². The van der Waals surface area contributed by atoms with Gasteiger partial charge in [-0.05, 0) is 36.4 Å². The number of methoxy groups -OCH3 is 1. The summed E-state index contributed by atoms with van der Waals surface area (Å²) >= 11 is 3.05. The van der Waals surface area contributed by atoms with E-state index in [2.05, 4.69) is 32.0 Å². The van der Waals surface area contributed by atoms with Gasteiger partial charge in [0.15, 0.2) is 5.16 Å². The summed E-state index contributed by atoms with van der Waals surface area (Å²) in [7, 11) is 1.64. The highest BCUT2D eigenvalue weighted by Crippen LogP contribution is 2.25. The molecule has 0 aliphatic heterocycles. The highest BCUT2D eigenvalue weighted by molar-refractivity contribution is 7.98. The molecule has 2 aromatic heterocycles. The van der Waals surface area contributed by atoms with E-state index in [0.717, 1.165) is 16.4 Å². The molecule has 126 valence electrons. The molecule has 3 aromatic rings. The van der Waals surface area contributed by atoms with E-state index in [-0.39, 0.29) is 5.56 Å². The fourth-order valence-electron chi connectivity index (χ4n) is 2.51. The van der Waals surface area contributed by atoms with Gasteiger partial charge in [0.05, 0.1) is 18.7 Å². The second kappa shape index (κ2) is 7.51. The molecule has 0 aliphatic rings. The lowest BCUT2D eigenvalue weighted by molar-refractivity contribution is 0.183. The normalized spacial score (nSPS) is 11.3. The van der Waals surface area contributed by atoms with E-state index in [1.165, 1.54) is 28.0 Å². The maximum atomic E-state index is 12.7. The van der Waals surface area contributed by atoms with E-state index in [9.17, 15) is 4.79 Å². The Balaban J connectivity index is 1.95. The fraction of sp³-hybridized carbons (Fsp3) is 0.333. The predicted octanol–water partition coefficient (Wildman–Crippen LogP) is 4.01. The molecule has 2 heterocycles. The van der Waals surface area contributed by atoms with Gasteiger partial charge in [0.1, 0.15) is 4.70 Å². The summed E-state index contributed by atoms with van der Waals surface area (Å²) in [6.45, 7) is 5.22. The number of rotatable bonds is 6. The van der Waals surface area contributed by atoms with E-state index >= 15 is 0 Å². The lowest BCUT2D eigenvalue weighted by atomic mass is 10.1. The average molecular weight is 361 g/mol. The van der Waals surface area contributed by atoms with Gasteiger partial charge in [0.2, 0.25) is 0 Å². The summed E-state index contributed by atoms with van der Waals surface area (Å²) < 4.78 is 7.60. The van der Waals surface area contributed by atoms with Gasteiger partial charge in [0, 0.05) is 12.9 Å². The Hall–Kier alpha value is -1.63. The molecule has 1 aromatic carbocycles. The summed E-state index contributed by atoms with van der Waals surface area (Å²) in [4.78, 5) is 17.4. The van der Waals surface area contributed by atoms with Crippen molar-refractivity contribution in [2.45, 2.75) is 31.3 Å². The van der Waals surface area contributed by atoms with Crippen molar-refractivity contribution in [3.05, 3.63) is 56.7 Å². The number of nitrogens with zero attached hydrogens (tertiary/aromatic N) is 2. The van der Waals surface area contributed by atoms with Crippen LogP contribution >= 0.6 is 23.1 Å². The molecule has 0 saturated carbocycles. The van der Waals surface area contributed by atoms with E-state index in [0.29, 0.717) is 17.9 Å². The maximum absolute atomic E-state index is 12.7. The van der Waals surface area contributed by atoms with Crippen LogP contribution in [0.25, 0.3) is 10.2 Å². The van der Waals surface area contributed by atoms with Crippen molar-refractivity contribution in [2.75, 3.05) is 13.7 Å². The molecule has 0 atom stereocenters. The monoisotopic (exact) mass is 360 g/mol. The van der Waals surface area contributed by atoms with Gasteiger partial charge >= 0.3 is 0 Å². The van der Waals surface area contributed by atoms with Gasteiger partial charge < -0.3 is 4.74 Å². The third-order valence-electron chi connectivity index (χ3n) is 3.91. The second-order valence-electron chi connectivity index (χ2n) is 5.70. The van der Waals surface area contributed by atoms with Crippen LogP contribution < -0.4 is 5.56 Å². The molecule has 6 heteroatoms. The van der Waals surface area contributed by atoms with Crippen LogP contribution in [0.4, 0.5) is 0 Å². The highest BCUT2D eigenvalue weighted by atomic mass is 32.2. The van der Waals surface area contributed by atoms with E-state index in [1.807, 2.05) is 11.4 Å². The van der Waals surface area contributed by atoms with E-state index in [4.69, 9.17) is 9.72 Å². The molecule has 0 unspecified atom stereocenters. The molecule has 0 N–H and O–H groups in total. The zero-order valence-corrected chi connectivity index (χ0v) is 15.7. The lowest BCUT2D eigenvalue weighted by Crippen LogP contribution is -2.24. The van der Waals surface area contributed by atoms with Gasteiger partial charge in [-0.3, -0.25) is 9.36 Å². The molecule has 0 radical (unpaired) electrons. The topological polar surface area (TPSA) is 44.1 Å². The predicted molar refractivity (Wildman–Crippen MR) is 101 cm³/mol. The molecule has 0 aliphatic carbocycles. The number of fused-ring (bicyclic) bond motifs is 1. The molecule has 3 rings (SSSR count). The molecule has 24 heavy (non-hydrogen) atoms. The smallest absolute Gasteiger partial charge is 0.272 e. The molecule has 0 fully saturated rings. The molecule has 4 nitrogen and oxygen atoms in total. The van der Waals surface area contributed by atoms with E-state index < -0.39 is 0 Å². The van der Waals surface area contributed by atoms with E-state index in [1.54, 1.807) is 23.4 Å². The summed E-state index contributed by atoms with van der Waals surface area (Å²) in [6.07, 6.45) is 0. The van der Waals surface area contributed by atoms with Crippen LogP contribution in [0, 0.1) is 13.8 Å². The minimum Gasteiger partial charge on any atom is -0.383 e. The fourth-order valence-corrected chi connectivity index (χ4v) is 4.38. The Morgan fingerprint density at radius 3 is 2.92 bits per heavy atom. The summed E-state index contributed by atoms with van der Waals surface area (Å²) in [5, 5.41) is 2.67. The van der Waals surface area contributed by atoms with Gasteiger partial charge in [0.25, 0.3) is 5.56 Å². The first-order valence-electron chi connectivity index (χ1n) is 7.76.